The Bertz CT molecular complexity index is 385. The fourth-order valence-corrected chi connectivity index (χ4v) is 5.13. The van der Waals surface area contributed by atoms with Crippen molar-refractivity contribution in [3.63, 3.8) is 0 Å². The molecule has 2 atom stereocenters. The molecular weight excluding hydrogens is 264 g/mol. The van der Waals surface area contributed by atoms with Crippen LogP contribution in [-0.4, -0.2) is 66.8 Å². The van der Waals surface area contributed by atoms with Crippen LogP contribution in [-0.2, 0) is 10.0 Å². The van der Waals surface area contributed by atoms with Gasteiger partial charge in [0.2, 0.25) is 10.0 Å². The number of hydrogen-bond acceptors (Lipinski definition) is 4. The van der Waals surface area contributed by atoms with Crippen LogP contribution in [0.25, 0.3) is 0 Å². The first-order valence-electron chi connectivity index (χ1n) is 7.43. The second-order valence-corrected chi connectivity index (χ2v) is 7.74. The van der Waals surface area contributed by atoms with Gasteiger partial charge in [-0.15, -0.1) is 0 Å². The summed E-state index contributed by atoms with van der Waals surface area (Å²) in [5, 5.41) is 9.35. The zero-order valence-corrected chi connectivity index (χ0v) is 12.6. The number of hydrogen-bond donors (Lipinski definition) is 1. The van der Waals surface area contributed by atoms with E-state index in [0.29, 0.717) is 13.0 Å². The Labute approximate surface area is 116 Å². The molecule has 6 heteroatoms. The summed E-state index contributed by atoms with van der Waals surface area (Å²) in [4.78, 5) is 2.27. The summed E-state index contributed by atoms with van der Waals surface area (Å²) in [7, 11) is -3.08. The zero-order chi connectivity index (χ0) is 13.9. The normalized spacial score (nSPS) is 30.2. The van der Waals surface area contributed by atoms with Crippen molar-refractivity contribution >= 4 is 10.0 Å². The Balaban J connectivity index is 1.99. The molecule has 0 aromatic heterocycles. The third-order valence-corrected chi connectivity index (χ3v) is 6.42. The lowest BCUT2D eigenvalue weighted by molar-refractivity contribution is 0.140. The van der Waals surface area contributed by atoms with E-state index in [0.717, 1.165) is 38.8 Å². The van der Waals surface area contributed by atoms with E-state index in [4.69, 9.17) is 0 Å². The van der Waals surface area contributed by atoms with E-state index >= 15 is 0 Å². The molecule has 19 heavy (non-hydrogen) atoms. The van der Waals surface area contributed by atoms with E-state index in [1.807, 2.05) is 6.92 Å². The highest BCUT2D eigenvalue weighted by atomic mass is 32.2. The number of nitrogens with zero attached hydrogens (tertiary/aromatic N) is 2. The van der Waals surface area contributed by atoms with Crippen LogP contribution >= 0.6 is 0 Å². The van der Waals surface area contributed by atoms with Crippen LogP contribution in [0.5, 0.6) is 0 Å². The minimum Gasteiger partial charge on any atom is -0.395 e. The van der Waals surface area contributed by atoms with Gasteiger partial charge in [0.1, 0.15) is 0 Å². The van der Waals surface area contributed by atoms with Gasteiger partial charge in [0.15, 0.2) is 0 Å². The monoisotopic (exact) mass is 290 g/mol. The minimum absolute atomic E-state index is 0.115. The molecular formula is C13H26N2O3S. The number of rotatable bonds is 6. The molecule has 2 rings (SSSR count). The number of aliphatic hydroxyl groups excluding tert-OH is 1. The molecule has 2 fully saturated rings. The van der Waals surface area contributed by atoms with Gasteiger partial charge < -0.3 is 5.11 Å². The molecule has 2 saturated heterocycles. The average molecular weight is 290 g/mol. The van der Waals surface area contributed by atoms with Gasteiger partial charge in [-0.3, -0.25) is 4.90 Å². The van der Waals surface area contributed by atoms with E-state index in [1.165, 1.54) is 0 Å². The summed E-state index contributed by atoms with van der Waals surface area (Å²) >= 11 is 0. The van der Waals surface area contributed by atoms with Gasteiger partial charge in [-0.1, -0.05) is 6.92 Å². The third-order valence-electron chi connectivity index (χ3n) is 4.30. The molecule has 0 spiro atoms. The van der Waals surface area contributed by atoms with Crippen molar-refractivity contribution < 1.29 is 13.5 Å². The second-order valence-electron chi connectivity index (χ2n) is 5.70. The first-order valence-corrected chi connectivity index (χ1v) is 9.04. The molecule has 5 nitrogen and oxygen atoms in total. The van der Waals surface area contributed by atoms with Crippen molar-refractivity contribution in [2.75, 3.05) is 32.0 Å². The average Bonchev–Trinajstić information content (AvgIpc) is 2.98. The Kier molecular flexibility index (Phi) is 5.22. The van der Waals surface area contributed by atoms with Crippen molar-refractivity contribution in [2.24, 2.45) is 0 Å². The van der Waals surface area contributed by atoms with Crippen LogP contribution in [0.1, 0.15) is 39.0 Å². The maximum absolute atomic E-state index is 12.2. The lowest BCUT2D eigenvalue weighted by atomic mass is 10.2. The maximum atomic E-state index is 12.2. The van der Waals surface area contributed by atoms with Gasteiger partial charge in [0.25, 0.3) is 0 Å². The quantitative estimate of drug-likeness (QED) is 0.780. The Morgan fingerprint density at radius 1 is 1.16 bits per heavy atom. The highest BCUT2D eigenvalue weighted by molar-refractivity contribution is 7.89. The molecule has 0 aliphatic carbocycles. The third kappa shape index (κ3) is 3.48. The summed E-state index contributed by atoms with van der Waals surface area (Å²) in [5.41, 5.74) is 0. The Morgan fingerprint density at radius 2 is 1.84 bits per heavy atom. The fraction of sp³-hybridized carbons (Fsp3) is 1.00. The van der Waals surface area contributed by atoms with Crippen LogP contribution in [0, 0.1) is 0 Å². The molecule has 2 aliphatic rings. The molecule has 0 aromatic rings. The predicted molar refractivity (Wildman–Crippen MR) is 75.5 cm³/mol. The van der Waals surface area contributed by atoms with Crippen molar-refractivity contribution in [3.8, 4) is 0 Å². The summed E-state index contributed by atoms with van der Waals surface area (Å²) in [6, 6.07) is 0.347. The second kappa shape index (κ2) is 6.52. The number of aliphatic hydroxyl groups is 1. The maximum Gasteiger partial charge on any atom is 0.214 e. The molecule has 0 bridgehead atoms. The van der Waals surface area contributed by atoms with Gasteiger partial charge in [-0.2, -0.15) is 4.31 Å². The largest absolute Gasteiger partial charge is 0.395 e. The van der Waals surface area contributed by atoms with Crippen molar-refractivity contribution in [2.45, 2.75) is 51.1 Å². The molecule has 112 valence electrons. The molecule has 1 N–H and O–H groups in total. The first kappa shape index (κ1) is 15.2. The minimum atomic E-state index is -3.08. The van der Waals surface area contributed by atoms with E-state index in [9.17, 15) is 13.5 Å². The summed E-state index contributed by atoms with van der Waals surface area (Å²) in [6.45, 7) is 4.54. The van der Waals surface area contributed by atoms with Gasteiger partial charge in [-0.05, 0) is 38.6 Å². The van der Waals surface area contributed by atoms with Crippen LogP contribution in [0.3, 0.4) is 0 Å². The first-order chi connectivity index (χ1) is 9.08. The van der Waals surface area contributed by atoms with Crippen LogP contribution in [0.15, 0.2) is 0 Å². The molecule has 0 amide bonds. The summed E-state index contributed by atoms with van der Waals surface area (Å²) in [6.07, 6.45) is 4.74. The molecule has 2 aliphatic heterocycles. The van der Waals surface area contributed by atoms with Gasteiger partial charge in [-0.25, -0.2) is 8.42 Å². The number of sulfonamides is 1. The van der Waals surface area contributed by atoms with Crippen molar-refractivity contribution in [1.29, 1.82) is 0 Å². The van der Waals surface area contributed by atoms with Crippen LogP contribution in [0.4, 0.5) is 0 Å². The molecule has 0 saturated carbocycles. The Morgan fingerprint density at radius 3 is 2.53 bits per heavy atom. The van der Waals surface area contributed by atoms with Crippen LogP contribution in [0.2, 0.25) is 0 Å². The number of likely N-dealkylation sites (tertiary alicyclic amines) is 1. The zero-order valence-electron chi connectivity index (χ0n) is 11.8. The smallest absolute Gasteiger partial charge is 0.214 e. The fourth-order valence-electron chi connectivity index (χ4n) is 3.35. The topological polar surface area (TPSA) is 60.9 Å². The van der Waals surface area contributed by atoms with Gasteiger partial charge >= 0.3 is 0 Å². The molecule has 2 heterocycles. The lowest BCUT2D eigenvalue weighted by Gasteiger charge is -2.30. The van der Waals surface area contributed by atoms with Crippen LogP contribution < -0.4 is 0 Å². The van der Waals surface area contributed by atoms with E-state index in [-0.39, 0.29) is 24.4 Å². The highest BCUT2D eigenvalue weighted by Crippen LogP contribution is 2.25. The standard InChI is InChI=1S/C13H26N2O3S/c1-2-9-19(17,18)15-8-4-5-12(15)10-14-7-3-6-13(14)11-16/h12-13,16H,2-11H2,1H3. The highest BCUT2D eigenvalue weighted by Gasteiger charge is 2.36. The van der Waals surface area contributed by atoms with E-state index in [2.05, 4.69) is 4.90 Å². The predicted octanol–water partition coefficient (Wildman–Crippen LogP) is 0.647. The van der Waals surface area contributed by atoms with E-state index < -0.39 is 10.0 Å². The van der Waals surface area contributed by atoms with E-state index in [1.54, 1.807) is 4.31 Å². The molecule has 2 unspecified atom stereocenters. The molecule has 0 radical (unpaired) electrons. The Hall–Kier alpha value is -0.170. The summed E-state index contributed by atoms with van der Waals surface area (Å²) < 4.78 is 26.2. The van der Waals surface area contributed by atoms with Crippen molar-refractivity contribution in [3.05, 3.63) is 0 Å². The summed E-state index contributed by atoms with van der Waals surface area (Å²) in [5.74, 6) is 0.257. The SMILES string of the molecule is CCCS(=O)(=O)N1CCCC1CN1CCCC1CO. The van der Waals surface area contributed by atoms with Gasteiger partial charge in [0, 0.05) is 25.2 Å². The lowest BCUT2D eigenvalue weighted by Crippen LogP contribution is -2.46. The van der Waals surface area contributed by atoms with Crippen molar-refractivity contribution in [1.82, 2.24) is 9.21 Å². The van der Waals surface area contributed by atoms with Gasteiger partial charge in [0.05, 0.1) is 12.4 Å². The molecule has 0 aromatic carbocycles.